The fourth-order valence-electron chi connectivity index (χ4n) is 1.45. The molecule has 16 heavy (non-hydrogen) atoms. The normalized spacial score (nSPS) is 10.4. The lowest BCUT2D eigenvalue weighted by atomic mass is 10.3. The molecule has 0 radical (unpaired) electrons. The number of benzene rings is 1. The number of imidazole rings is 1. The summed E-state index contributed by atoms with van der Waals surface area (Å²) in [7, 11) is 0. The SMILES string of the molecule is Cc1nc(C(N)=O)cn1-c1ccc(Cl)cc1. The molecule has 0 aliphatic heterocycles. The summed E-state index contributed by atoms with van der Waals surface area (Å²) in [6, 6.07) is 7.25. The molecule has 1 aromatic heterocycles. The Labute approximate surface area is 97.7 Å². The number of nitrogens with two attached hydrogens (primary N) is 1. The number of carbonyl (C=O) groups excluding carboxylic acids is 1. The third kappa shape index (κ3) is 1.92. The van der Waals surface area contributed by atoms with Gasteiger partial charge in [0, 0.05) is 16.9 Å². The fraction of sp³-hybridized carbons (Fsp3) is 0.0909. The van der Waals surface area contributed by atoms with Crippen LogP contribution in [-0.2, 0) is 0 Å². The van der Waals surface area contributed by atoms with Crippen molar-refractivity contribution in [2.75, 3.05) is 0 Å². The summed E-state index contributed by atoms with van der Waals surface area (Å²) < 4.78 is 1.79. The van der Waals surface area contributed by atoms with Crippen LogP contribution in [0, 0.1) is 6.92 Å². The molecular weight excluding hydrogens is 226 g/mol. The van der Waals surface area contributed by atoms with Gasteiger partial charge in [0.2, 0.25) is 0 Å². The van der Waals surface area contributed by atoms with Crippen molar-refractivity contribution in [1.82, 2.24) is 9.55 Å². The molecule has 0 fully saturated rings. The first-order valence-corrected chi connectivity index (χ1v) is 5.07. The van der Waals surface area contributed by atoms with Gasteiger partial charge < -0.3 is 10.3 Å². The summed E-state index contributed by atoms with van der Waals surface area (Å²) in [5, 5.41) is 0.664. The summed E-state index contributed by atoms with van der Waals surface area (Å²) in [5.41, 5.74) is 6.31. The van der Waals surface area contributed by atoms with Gasteiger partial charge in [-0.05, 0) is 31.2 Å². The molecule has 1 heterocycles. The van der Waals surface area contributed by atoms with E-state index < -0.39 is 5.91 Å². The largest absolute Gasteiger partial charge is 0.364 e. The number of nitrogens with zero attached hydrogens (tertiary/aromatic N) is 2. The number of aromatic nitrogens is 2. The molecule has 0 aliphatic carbocycles. The van der Waals surface area contributed by atoms with E-state index >= 15 is 0 Å². The Bertz CT molecular complexity index is 531. The zero-order valence-corrected chi connectivity index (χ0v) is 9.40. The van der Waals surface area contributed by atoms with Crippen molar-refractivity contribution >= 4 is 17.5 Å². The van der Waals surface area contributed by atoms with E-state index in [2.05, 4.69) is 4.98 Å². The van der Waals surface area contributed by atoms with Crippen LogP contribution in [0.2, 0.25) is 5.02 Å². The highest BCUT2D eigenvalue weighted by Crippen LogP contribution is 2.15. The van der Waals surface area contributed by atoms with Crippen LogP contribution in [0.5, 0.6) is 0 Å². The third-order valence-corrected chi connectivity index (χ3v) is 2.49. The van der Waals surface area contributed by atoms with Gasteiger partial charge in [-0.25, -0.2) is 4.98 Å². The molecule has 0 spiro atoms. The van der Waals surface area contributed by atoms with Crippen molar-refractivity contribution in [1.29, 1.82) is 0 Å². The Hall–Kier alpha value is -1.81. The molecule has 2 N–H and O–H groups in total. The number of amides is 1. The average molecular weight is 236 g/mol. The molecule has 0 atom stereocenters. The zero-order valence-electron chi connectivity index (χ0n) is 8.64. The smallest absolute Gasteiger partial charge is 0.268 e. The standard InChI is InChI=1S/C11H10ClN3O/c1-7-14-10(11(13)16)6-15(7)9-4-2-8(12)3-5-9/h2-6H,1H3,(H2,13,16). The van der Waals surface area contributed by atoms with Gasteiger partial charge >= 0.3 is 0 Å². The lowest BCUT2D eigenvalue weighted by Gasteiger charge is -2.03. The Morgan fingerprint density at radius 3 is 2.50 bits per heavy atom. The third-order valence-electron chi connectivity index (χ3n) is 2.24. The summed E-state index contributed by atoms with van der Waals surface area (Å²) >= 11 is 5.80. The Morgan fingerprint density at radius 1 is 1.38 bits per heavy atom. The first kappa shape index (κ1) is 10.7. The second kappa shape index (κ2) is 3.98. The van der Waals surface area contributed by atoms with E-state index in [1.165, 1.54) is 0 Å². The summed E-state index contributed by atoms with van der Waals surface area (Å²) in [6.07, 6.45) is 1.61. The van der Waals surface area contributed by atoms with Crippen molar-refractivity contribution in [3.05, 3.63) is 47.0 Å². The van der Waals surface area contributed by atoms with E-state index in [0.717, 1.165) is 5.69 Å². The van der Waals surface area contributed by atoms with Gasteiger partial charge in [-0.15, -0.1) is 0 Å². The molecule has 4 nitrogen and oxygen atoms in total. The first-order valence-electron chi connectivity index (χ1n) is 4.69. The number of carbonyl (C=O) groups is 1. The number of rotatable bonds is 2. The van der Waals surface area contributed by atoms with E-state index in [1.807, 2.05) is 12.1 Å². The maximum atomic E-state index is 11.0. The number of hydrogen-bond acceptors (Lipinski definition) is 2. The molecule has 0 saturated heterocycles. The maximum absolute atomic E-state index is 11.0. The molecule has 82 valence electrons. The highest BCUT2D eigenvalue weighted by molar-refractivity contribution is 6.30. The fourth-order valence-corrected chi connectivity index (χ4v) is 1.58. The van der Waals surface area contributed by atoms with E-state index in [0.29, 0.717) is 10.8 Å². The number of halogens is 1. The van der Waals surface area contributed by atoms with E-state index in [-0.39, 0.29) is 5.69 Å². The Morgan fingerprint density at radius 2 is 2.00 bits per heavy atom. The molecule has 2 rings (SSSR count). The predicted molar refractivity (Wildman–Crippen MR) is 61.8 cm³/mol. The van der Waals surface area contributed by atoms with Crippen LogP contribution >= 0.6 is 11.6 Å². The van der Waals surface area contributed by atoms with E-state index in [1.54, 1.807) is 29.8 Å². The van der Waals surface area contributed by atoms with Crippen molar-refractivity contribution in [2.24, 2.45) is 5.73 Å². The van der Waals surface area contributed by atoms with Crippen molar-refractivity contribution in [3.8, 4) is 5.69 Å². The topological polar surface area (TPSA) is 60.9 Å². The molecule has 1 aromatic carbocycles. The van der Waals surface area contributed by atoms with Gasteiger partial charge in [0.05, 0.1) is 0 Å². The predicted octanol–water partition coefficient (Wildman–Crippen LogP) is 1.93. The van der Waals surface area contributed by atoms with Crippen LogP contribution in [0.4, 0.5) is 0 Å². The highest BCUT2D eigenvalue weighted by atomic mass is 35.5. The van der Waals surface area contributed by atoms with Gasteiger partial charge in [0.1, 0.15) is 11.5 Å². The van der Waals surface area contributed by atoms with Crippen LogP contribution in [0.1, 0.15) is 16.3 Å². The molecule has 0 bridgehead atoms. The average Bonchev–Trinajstić information content (AvgIpc) is 2.62. The summed E-state index contributed by atoms with van der Waals surface area (Å²) in [6.45, 7) is 1.81. The van der Waals surface area contributed by atoms with Crippen molar-refractivity contribution < 1.29 is 4.79 Å². The minimum absolute atomic E-state index is 0.257. The van der Waals surface area contributed by atoms with Gasteiger partial charge in [-0.3, -0.25) is 4.79 Å². The Balaban J connectivity index is 2.47. The zero-order chi connectivity index (χ0) is 11.7. The molecular formula is C11H10ClN3O. The molecule has 0 saturated carbocycles. The van der Waals surface area contributed by atoms with Gasteiger partial charge in [0.15, 0.2) is 0 Å². The summed E-state index contributed by atoms with van der Waals surface area (Å²) in [5.74, 6) is 0.173. The monoisotopic (exact) mass is 235 g/mol. The van der Waals surface area contributed by atoms with Crippen LogP contribution < -0.4 is 5.73 Å². The lowest BCUT2D eigenvalue weighted by Crippen LogP contribution is -2.11. The molecule has 0 aliphatic rings. The first-order chi connectivity index (χ1) is 7.58. The van der Waals surface area contributed by atoms with Crippen molar-refractivity contribution in [3.63, 3.8) is 0 Å². The van der Waals surface area contributed by atoms with Gasteiger partial charge in [-0.1, -0.05) is 11.6 Å². The van der Waals surface area contributed by atoms with E-state index in [9.17, 15) is 4.79 Å². The lowest BCUT2D eigenvalue weighted by molar-refractivity contribution is 0.0996. The molecule has 2 aromatic rings. The van der Waals surface area contributed by atoms with Crippen LogP contribution in [0.25, 0.3) is 5.69 Å². The minimum Gasteiger partial charge on any atom is -0.364 e. The van der Waals surface area contributed by atoms with Crippen LogP contribution in [0.3, 0.4) is 0 Å². The summed E-state index contributed by atoms with van der Waals surface area (Å²) in [4.78, 5) is 15.0. The van der Waals surface area contributed by atoms with Gasteiger partial charge in [0.25, 0.3) is 5.91 Å². The molecule has 5 heteroatoms. The number of aryl methyl sites for hydroxylation is 1. The molecule has 1 amide bonds. The number of primary amides is 1. The minimum atomic E-state index is -0.532. The Kier molecular flexibility index (Phi) is 2.66. The van der Waals surface area contributed by atoms with Crippen molar-refractivity contribution in [2.45, 2.75) is 6.92 Å². The second-order valence-electron chi connectivity index (χ2n) is 3.38. The van der Waals surface area contributed by atoms with Gasteiger partial charge in [-0.2, -0.15) is 0 Å². The van der Waals surface area contributed by atoms with Crippen LogP contribution in [-0.4, -0.2) is 15.5 Å². The molecule has 0 unspecified atom stereocenters. The quantitative estimate of drug-likeness (QED) is 0.865. The highest BCUT2D eigenvalue weighted by Gasteiger charge is 2.09. The van der Waals surface area contributed by atoms with E-state index in [4.69, 9.17) is 17.3 Å². The second-order valence-corrected chi connectivity index (χ2v) is 3.82. The number of hydrogen-bond donors (Lipinski definition) is 1. The maximum Gasteiger partial charge on any atom is 0.268 e. The van der Waals surface area contributed by atoms with Crippen LogP contribution in [0.15, 0.2) is 30.5 Å².